The molecule has 11 heteroatoms. The normalized spacial score (nSPS) is 16.6. The summed E-state index contributed by atoms with van der Waals surface area (Å²) in [7, 11) is 1.84. The zero-order valence-corrected chi connectivity index (χ0v) is 23.0. The van der Waals surface area contributed by atoms with Crippen LogP contribution in [-0.2, 0) is 35.9 Å². The van der Waals surface area contributed by atoms with Crippen LogP contribution in [-0.4, -0.2) is 74.3 Å². The molecule has 0 N–H and O–H groups in total. The van der Waals surface area contributed by atoms with Crippen molar-refractivity contribution in [2.75, 3.05) is 33.0 Å². The molecule has 0 aliphatic carbocycles. The molecule has 3 aromatic heterocycles. The highest BCUT2D eigenvalue weighted by Crippen LogP contribution is 2.29. The third-order valence-corrected chi connectivity index (χ3v) is 7.78. The van der Waals surface area contributed by atoms with Gasteiger partial charge in [-0.15, -0.1) is 0 Å². The predicted octanol–water partition coefficient (Wildman–Crippen LogP) is 3.57. The van der Waals surface area contributed by atoms with Gasteiger partial charge in [-0.1, -0.05) is 13.8 Å². The first-order valence-corrected chi connectivity index (χ1v) is 13.8. The van der Waals surface area contributed by atoms with Crippen molar-refractivity contribution in [1.29, 1.82) is 0 Å². The minimum Gasteiger partial charge on any atom is -0.378 e. The van der Waals surface area contributed by atoms with Gasteiger partial charge in [0.2, 0.25) is 0 Å². The summed E-state index contributed by atoms with van der Waals surface area (Å²) in [5.41, 5.74) is 3.77. The van der Waals surface area contributed by atoms with Gasteiger partial charge in [0.15, 0.2) is 17.3 Å². The Morgan fingerprint density at radius 1 is 1.00 bits per heavy atom. The van der Waals surface area contributed by atoms with E-state index in [4.69, 9.17) is 14.5 Å². The number of halogens is 2. The van der Waals surface area contributed by atoms with Gasteiger partial charge in [0, 0.05) is 31.9 Å². The Hall–Kier alpha value is -3.54. The molecule has 0 bridgehead atoms. The van der Waals surface area contributed by atoms with Crippen molar-refractivity contribution >= 4 is 16.9 Å². The first kappa shape index (κ1) is 26.7. The molecular weight excluding hydrogens is 516 g/mol. The largest absolute Gasteiger partial charge is 0.378 e. The zero-order valence-electron chi connectivity index (χ0n) is 23.0. The van der Waals surface area contributed by atoms with Crippen molar-refractivity contribution < 1.29 is 18.3 Å². The van der Waals surface area contributed by atoms with Gasteiger partial charge >= 0.3 is 0 Å². The number of aromatic nitrogens is 5. The molecular formula is C29H33F2N7O2. The highest BCUT2D eigenvalue weighted by molar-refractivity contribution is 5.73. The molecule has 2 aliphatic heterocycles. The number of nitrogens with zero attached hydrogens (tertiary/aromatic N) is 7. The summed E-state index contributed by atoms with van der Waals surface area (Å²) in [5.74, 6) is -1.25. The highest BCUT2D eigenvalue weighted by atomic mass is 19.1. The number of rotatable bonds is 9. The third-order valence-electron chi connectivity index (χ3n) is 7.78. The summed E-state index contributed by atoms with van der Waals surface area (Å²) in [4.78, 5) is 16.6. The molecule has 2 saturated heterocycles. The van der Waals surface area contributed by atoms with Gasteiger partial charge in [-0.3, -0.25) is 14.6 Å². The molecule has 9 nitrogen and oxygen atoms in total. The molecule has 0 unspecified atom stereocenters. The molecule has 0 amide bonds. The van der Waals surface area contributed by atoms with Crippen LogP contribution in [0.4, 0.5) is 14.5 Å². The molecule has 1 aromatic carbocycles. The van der Waals surface area contributed by atoms with E-state index in [0.717, 1.165) is 5.56 Å². The number of fused-ring (bicyclic) bond motifs is 1. The number of hydrogen-bond donors (Lipinski definition) is 0. The van der Waals surface area contributed by atoms with Crippen molar-refractivity contribution in [3.63, 3.8) is 0 Å². The minimum atomic E-state index is -0.626. The lowest BCUT2D eigenvalue weighted by molar-refractivity contribution is -0.137. The summed E-state index contributed by atoms with van der Waals surface area (Å²) < 4.78 is 45.5. The number of ether oxygens (including phenoxy) is 2. The van der Waals surface area contributed by atoms with Crippen molar-refractivity contribution in [2.45, 2.75) is 45.3 Å². The molecule has 5 heterocycles. The lowest BCUT2D eigenvalue weighted by Crippen LogP contribution is -2.60. The average molecular weight is 550 g/mol. The van der Waals surface area contributed by atoms with Crippen LogP contribution < -0.4 is 5.49 Å². The van der Waals surface area contributed by atoms with Crippen LogP contribution in [0.2, 0.25) is 0 Å². The first-order valence-electron chi connectivity index (χ1n) is 13.8. The predicted molar refractivity (Wildman–Crippen MR) is 146 cm³/mol. The lowest BCUT2D eigenvalue weighted by atomic mass is 10.0. The molecule has 2 aliphatic rings. The molecule has 0 radical (unpaired) electrons. The smallest absolute Gasteiger partial charge is 0.160 e. The molecule has 40 heavy (non-hydrogen) atoms. The summed E-state index contributed by atoms with van der Waals surface area (Å²) in [5, 5.41) is 4.26. The Labute approximate surface area is 231 Å². The standard InChI is InChI=1S/C29H33F2N7O2/c1-4-18-10-19(5-2)27(31)28(26(18)30)35-25-7-6-23-29(34-24(12-32-23)20-11-33-36(3)13-20)38(25)9-8-37(21-14-39-15-21)22-16-40-17-22/h6-7,10-13,21-22H,4-5,8-9,14-17H2,1-3H3/b35-25+. The van der Waals surface area contributed by atoms with Gasteiger partial charge in [0.25, 0.3) is 0 Å². The number of hydrogen-bond acceptors (Lipinski definition) is 7. The van der Waals surface area contributed by atoms with E-state index in [0.29, 0.717) is 97.9 Å². The van der Waals surface area contributed by atoms with E-state index in [-0.39, 0.29) is 5.69 Å². The van der Waals surface area contributed by atoms with Crippen LogP contribution in [0.5, 0.6) is 0 Å². The fourth-order valence-corrected chi connectivity index (χ4v) is 5.24. The van der Waals surface area contributed by atoms with E-state index in [9.17, 15) is 0 Å². The van der Waals surface area contributed by atoms with Gasteiger partial charge in [-0.2, -0.15) is 5.10 Å². The van der Waals surface area contributed by atoms with Crippen LogP contribution in [0.1, 0.15) is 25.0 Å². The SMILES string of the molecule is CCc1cc(CC)c(F)c(/N=c2\ccc3ncc(-c4cnn(C)c4)nc3n2CCN(C2COC2)C2COC2)c1F. The maximum absolute atomic E-state index is 15.5. The van der Waals surface area contributed by atoms with Gasteiger partial charge in [-0.25, -0.2) is 18.8 Å². The topological polar surface area (TPSA) is 82.6 Å². The fourth-order valence-electron chi connectivity index (χ4n) is 5.24. The second-order valence-corrected chi connectivity index (χ2v) is 10.3. The van der Waals surface area contributed by atoms with Gasteiger partial charge in [0.1, 0.15) is 16.7 Å². The molecule has 210 valence electrons. The molecule has 2 fully saturated rings. The van der Waals surface area contributed by atoms with E-state index in [1.54, 1.807) is 35.3 Å². The van der Waals surface area contributed by atoms with Crippen molar-refractivity contribution in [3.05, 3.63) is 65.0 Å². The van der Waals surface area contributed by atoms with Crippen LogP contribution in [0, 0.1) is 11.6 Å². The van der Waals surface area contributed by atoms with Gasteiger partial charge < -0.3 is 14.0 Å². The van der Waals surface area contributed by atoms with Crippen molar-refractivity contribution in [1.82, 2.24) is 29.2 Å². The molecule has 6 rings (SSSR count). The summed E-state index contributed by atoms with van der Waals surface area (Å²) in [6, 6.07) is 5.77. The van der Waals surface area contributed by atoms with E-state index in [1.165, 1.54) is 0 Å². The van der Waals surface area contributed by atoms with E-state index in [2.05, 4.69) is 20.0 Å². The van der Waals surface area contributed by atoms with Gasteiger partial charge in [-0.05, 0) is 42.2 Å². The highest BCUT2D eigenvalue weighted by Gasteiger charge is 2.35. The summed E-state index contributed by atoms with van der Waals surface area (Å²) in [6.45, 7) is 7.59. The van der Waals surface area contributed by atoms with Crippen LogP contribution >= 0.6 is 0 Å². The van der Waals surface area contributed by atoms with Gasteiger partial charge in [0.05, 0.1) is 56.6 Å². The van der Waals surface area contributed by atoms with Crippen LogP contribution in [0.15, 0.2) is 41.8 Å². The Balaban J connectivity index is 1.51. The summed E-state index contributed by atoms with van der Waals surface area (Å²) in [6.07, 6.45) is 6.21. The Bertz CT molecular complexity index is 1570. The molecule has 0 atom stereocenters. The minimum absolute atomic E-state index is 0.266. The Morgan fingerprint density at radius 3 is 2.23 bits per heavy atom. The third kappa shape index (κ3) is 4.93. The second kappa shape index (κ2) is 11.1. The average Bonchev–Trinajstić information content (AvgIpc) is 3.34. The lowest BCUT2D eigenvalue weighted by Gasteiger charge is -2.45. The zero-order chi connectivity index (χ0) is 27.8. The second-order valence-electron chi connectivity index (χ2n) is 10.3. The van der Waals surface area contributed by atoms with Crippen molar-refractivity contribution in [3.8, 4) is 11.3 Å². The van der Waals surface area contributed by atoms with E-state index >= 15 is 8.78 Å². The fraction of sp³-hybridized carbons (Fsp3) is 0.448. The molecule has 0 saturated carbocycles. The van der Waals surface area contributed by atoms with Crippen LogP contribution in [0.3, 0.4) is 0 Å². The maximum atomic E-state index is 15.5. The quantitative estimate of drug-likeness (QED) is 0.318. The number of aryl methyl sites for hydroxylation is 3. The molecule has 0 spiro atoms. The summed E-state index contributed by atoms with van der Waals surface area (Å²) >= 11 is 0. The van der Waals surface area contributed by atoms with E-state index < -0.39 is 11.6 Å². The van der Waals surface area contributed by atoms with E-state index in [1.807, 2.05) is 31.7 Å². The van der Waals surface area contributed by atoms with Crippen molar-refractivity contribution in [2.24, 2.45) is 12.0 Å². The number of benzene rings is 1. The molecule has 4 aromatic rings. The Morgan fingerprint density at radius 2 is 1.68 bits per heavy atom. The number of pyridine rings is 1. The van der Waals surface area contributed by atoms with Crippen LogP contribution in [0.25, 0.3) is 22.4 Å². The monoisotopic (exact) mass is 549 g/mol. The maximum Gasteiger partial charge on any atom is 0.160 e. The first-order chi connectivity index (χ1) is 19.5. The Kier molecular flexibility index (Phi) is 7.43.